The normalized spacial score (nSPS) is 13.1. The summed E-state index contributed by atoms with van der Waals surface area (Å²) in [5.74, 6) is 0.139. The summed E-state index contributed by atoms with van der Waals surface area (Å²) in [5, 5.41) is 0. The average molecular weight is 268 g/mol. The van der Waals surface area contributed by atoms with Crippen LogP contribution >= 0.6 is 0 Å². The van der Waals surface area contributed by atoms with E-state index in [1.807, 2.05) is 13.8 Å². The maximum absolute atomic E-state index is 11.4. The monoisotopic (exact) mass is 268 g/mol. The predicted molar refractivity (Wildman–Crippen MR) is 82.1 cm³/mol. The van der Waals surface area contributed by atoms with E-state index in [1.165, 1.54) is 38.2 Å². The minimum Gasteiger partial charge on any atom is -0.456 e. The van der Waals surface area contributed by atoms with Crippen molar-refractivity contribution in [1.29, 1.82) is 0 Å². The molecule has 0 bridgehead atoms. The summed E-state index contributed by atoms with van der Waals surface area (Å²) in [6.45, 7) is 12.0. The molecule has 0 radical (unpaired) electrons. The van der Waals surface area contributed by atoms with Gasteiger partial charge in [0, 0.05) is 6.08 Å². The van der Waals surface area contributed by atoms with Gasteiger partial charge in [0.2, 0.25) is 0 Å². The molecule has 112 valence electrons. The zero-order valence-corrected chi connectivity index (χ0v) is 13.3. The maximum atomic E-state index is 11.4. The second kappa shape index (κ2) is 10.1. The second-order valence-corrected chi connectivity index (χ2v) is 5.92. The molecule has 0 aliphatic heterocycles. The summed E-state index contributed by atoms with van der Waals surface area (Å²) in [6, 6.07) is 0. The van der Waals surface area contributed by atoms with Crippen molar-refractivity contribution in [1.82, 2.24) is 0 Å². The Morgan fingerprint density at radius 3 is 2.26 bits per heavy atom. The molecule has 0 saturated heterocycles. The Morgan fingerprint density at radius 2 is 1.74 bits per heavy atom. The van der Waals surface area contributed by atoms with E-state index in [-0.39, 0.29) is 11.6 Å². The first-order valence-corrected chi connectivity index (χ1v) is 7.83. The van der Waals surface area contributed by atoms with Gasteiger partial charge in [-0.2, -0.15) is 0 Å². The highest BCUT2D eigenvalue weighted by molar-refractivity contribution is 5.81. The van der Waals surface area contributed by atoms with E-state index in [1.54, 1.807) is 0 Å². The van der Waals surface area contributed by atoms with Crippen molar-refractivity contribution < 1.29 is 9.53 Å². The molecule has 1 atom stereocenters. The number of esters is 1. The fourth-order valence-corrected chi connectivity index (χ4v) is 2.57. The Bertz CT molecular complexity index is 256. The van der Waals surface area contributed by atoms with Crippen molar-refractivity contribution in [2.24, 2.45) is 5.92 Å². The average Bonchev–Trinajstić information content (AvgIpc) is 2.36. The number of hydrogen-bond acceptors (Lipinski definition) is 2. The Labute approximate surface area is 119 Å². The Kier molecular flexibility index (Phi) is 9.63. The van der Waals surface area contributed by atoms with Crippen molar-refractivity contribution >= 4 is 5.97 Å². The van der Waals surface area contributed by atoms with Crippen LogP contribution in [0.5, 0.6) is 0 Å². The van der Waals surface area contributed by atoms with Gasteiger partial charge in [-0.1, -0.05) is 59.0 Å². The molecule has 2 heteroatoms. The van der Waals surface area contributed by atoms with Gasteiger partial charge in [0.1, 0.15) is 5.60 Å². The number of carbonyl (C=O) groups excluding carboxylic acids is 1. The van der Waals surface area contributed by atoms with E-state index < -0.39 is 0 Å². The third kappa shape index (κ3) is 8.07. The minimum absolute atomic E-state index is 0.308. The number of rotatable bonds is 11. The van der Waals surface area contributed by atoms with Crippen LogP contribution in [0.3, 0.4) is 0 Å². The van der Waals surface area contributed by atoms with Gasteiger partial charge in [0.25, 0.3) is 0 Å². The van der Waals surface area contributed by atoms with E-state index in [9.17, 15) is 4.79 Å². The van der Waals surface area contributed by atoms with Crippen LogP contribution in [0, 0.1) is 5.92 Å². The van der Waals surface area contributed by atoms with Gasteiger partial charge in [0.15, 0.2) is 0 Å². The number of unbranched alkanes of at least 4 members (excludes halogenated alkanes) is 4. The summed E-state index contributed by atoms with van der Waals surface area (Å²) < 4.78 is 5.52. The summed E-state index contributed by atoms with van der Waals surface area (Å²) in [4.78, 5) is 11.4. The minimum atomic E-state index is -0.383. The van der Waals surface area contributed by atoms with Gasteiger partial charge < -0.3 is 4.74 Å². The van der Waals surface area contributed by atoms with Gasteiger partial charge >= 0.3 is 5.97 Å². The fourth-order valence-electron chi connectivity index (χ4n) is 2.57. The Morgan fingerprint density at radius 1 is 1.11 bits per heavy atom. The number of hydrogen-bond donors (Lipinski definition) is 0. The van der Waals surface area contributed by atoms with Crippen molar-refractivity contribution in [3.63, 3.8) is 0 Å². The lowest BCUT2D eigenvalue weighted by Crippen LogP contribution is -2.36. The zero-order valence-electron chi connectivity index (χ0n) is 13.3. The van der Waals surface area contributed by atoms with Crippen molar-refractivity contribution in [3.8, 4) is 0 Å². The molecule has 0 aliphatic carbocycles. The molecule has 0 amide bonds. The van der Waals surface area contributed by atoms with Crippen LogP contribution in [0.25, 0.3) is 0 Å². The zero-order chi connectivity index (χ0) is 14.7. The van der Waals surface area contributed by atoms with Crippen molar-refractivity contribution in [2.75, 3.05) is 0 Å². The van der Waals surface area contributed by atoms with E-state index in [0.717, 1.165) is 19.3 Å². The lowest BCUT2D eigenvalue weighted by atomic mass is 9.83. The largest absolute Gasteiger partial charge is 0.456 e. The molecule has 0 saturated carbocycles. The Balaban J connectivity index is 4.27. The van der Waals surface area contributed by atoms with E-state index in [4.69, 9.17) is 4.74 Å². The van der Waals surface area contributed by atoms with Crippen LogP contribution in [-0.2, 0) is 9.53 Å². The molecule has 0 spiro atoms. The van der Waals surface area contributed by atoms with Gasteiger partial charge in [-0.15, -0.1) is 0 Å². The molecule has 0 N–H and O–H groups in total. The quantitative estimate of drug-likeness (QED) is 0.290. The molecule has 0 aromatic heterocycles. The van der Waals surface area contributed by atoms with E-state index in [2.05, 4.69) is 20.4 Å². The van der Waals surface area contributed by atoms with Crippen LogP contribution in [0.2, 0.25) is 0 Å². The summed E-state index contributed by atoms with van der Waals surface area (Å²) in [7, 11) is 0. The fraction of sp³-hybridized carbons (Fsp3) is 0.824. The first kappa shape index (κ1) is 18.2. The molecule has 0 aromatic rings. The summed E-state index contributed by atoms with van der Waals surface area (Å²) in [5.41, 5.74) is -0.383. The molecule has 0 rings (SSSR count). The van der Waals surface area contributed by atoms with Crippen molar-refractivity contribution in [3.05, 3.63) is 12.7 Å². The Hall–Kier alpha value is -0.790. The third-order valence-electron chi connectivity index (χ3n) is 3.81. The second-order valence-electron chi connectivity index (χ2n) is 5.92. The van der Waals surface area contributed by atoms with E-state index >= 15 is 0 Å². The number of carbonyl (C=O) groups is 1. The highest BCUT2D eigenvalue weighted by Crippen LogP contribution is 2.30. The first-order chi connectivity index (χ1) is 8.97. The molecule has 0 heterocycles. The number of ether oxygens (including phenoxy) is 1. The molecule has 1 unspecified atom stereocenters. The lowest BCUT2D eigenvalue weighted by Gasteiger charge is -2.34. The molecule has 0 fully saturated rings. The molecular formula is C17H32O2. The van der Waals surface area contributed by atoms with Crippen molar-refractivity contribution in [2.45, 2.75) is 84.7 Å². The maximum Gasteiger partial charge on any atom is 0.330 e. The molecule has 0 aliphatic rings. The molecule has 19 heavy (non-hydrogen) atoms. The van der Waals surface area contributed by atoms with Gasteiger partial charge in [-0.25, -0.2) is 4.79 Å². The standard InChI is InChI=1S/C17H32O2/c1-6-9-10-11-12-14-15(13-7-2)17(4,5)19-16(18)8-3/h8,15H,3,6-7,9-14H2,1-2,4-5H3. The van der Waals surface area contributed by atoms with Gasteiger partial charge in [0.05, 0.1) is 0 Å². The van der Waals surface area contributed by atoms with E-state index in [0.29, 0.717) is 5.92 Å². The lowest BCUT2D eigenvalue weighted by molar-refractivity contribution is -0.156. The van der Waals surface area contributed by atoms with Gasteiger partial charge in [-0.3, -0.25) is 0 Å². The topological polar surface area (TPSA) is 26.3 Å². The van der Waals surface area contributed by atoms with Gasteiger partial charge in [-0.05, 0) is 32.6 Å². The molecule has 0 aromatic carbocycles. The summed E-state index contributed by atoms with van der Waals surface area (Å²) in [6.07, 6.45) is 11.1. The summed E-state index contributed by atoms with van der Waals surface area (Å²) >= 11 is 0. The highest BCUT2D eigenvalue weighted by Gasteiger charge is 2.31. The van der Waals surface area contributed by atoms with Crippen LogP contribution in [0.15, 0.2) is 12.7 Å². The van der Waals surface area contributed by atoms with Crippen LogP contribution in [0.4, 0.5) is 0 Å². The predicted octanol–water partition coefficient (Wildman–Crippen LogP) is 5.27. The third-order valence-corrected chi connectivity index (χ3v) is 3.81. The van der Waals surface area contributed by atoms with Crippen LogP contribution in [-0.4, -0.2) is 11.6 Å². The molecule has 2 nitrogen and oxygen atoms in total. The first-order valence-electron chi connectivity index (χ1n) is 7.83. The SMILES string of the molecule is C=CC(=O)OC(C)(C)C(CCC)CCCCCCC. The smallest absolute Gasteiger partial charge is 0.330 e. The van der Waals surface area contributed by atoms with Crippen LogP contribution in [0.1, 0.15) is 79.1 Å². The highest BCUT2D eigenvalue weighted by atomic mass is 16.6. The molecular weight excluding hydrogens is 236 g/mol. The van der Waals surface area contributed by atoms with Crippen LogP contribution < -0.4 is 0 Å².